The number of hydrogen-bond donors (Lipinski definition) is 3. The second-order valence-corrected chi connectivity index (χ2v) is 7.62. The summed E-state index contributed by atoms with van der Waals surface area (Å²) in [5, 5.41) is 22.6. The number of carbonyl (C=O) groups excluding carboxylic acids is 1. The van der Waals surface area contributed by atoms with Gasteiger partial charge in [-0.2, -0.15) is 0 Å². The van der Waals surface area contributed by atoms with Crippen LogP contribution in [0.4, 0.5) is 4.79 Å². The molecule has 0 heterocycles. The van der Waals surface area contributed by atoms with Gasteiger partial charge >= 0.3 is 6.09 Å². The van der Waals surface area contributed by atoms with Gasteiger partial charge in [-0.25, -0.2) is 4.79 Å². The SMILES string of the molecule is C=C1[C@@H](C[C@H](O)C#CCCNC(=O)OC(C)(C)C)C[C@H](C)C[C@@H]1O. The summed E-state index contributed by atoms with van der Waals surface area (Å²) in [5.41, 5.74) is 0.288. The molecule has 0 aromatic carbocycles. The summed E-state index contributed by atoms with van der Waals surface area (Å²) in [4.78, 5) is 11.5. The number of alkyl carbamates (subject to hydrolysis) is 1. The topological polar surface area (TPSA) is 78.8 Å². The van der Waals surface area contributed by atoms with E-state index in [0.717, 1.165) is 18.4 Å². The summed E-state index contributed by atoms with van der Waals surface area (Å²) >= 11 is 0. The zero-order valence-corrected chi connectivity index (χ0v) is 15.3. The second kappa shape index (κ2) is 9.10. The van der Waals surface area contributed by atoms with E-state index >= 15 is 0 Å². The van der Waals surface area contributed by atoms with Crippen molar-refractivity contribution in [3.63, 3.8) is 0 Å². The van der Waals surface area contributed by atoms with Crippen LogP contribution in [0.25, 0.3) is 0 Å². The van der Waals surface area contributed by atoms with Gasteiger partial charge in [0.1, 0.15) is 11.7 Å². The van der Waals surface area contributed by atoms with Gasteiger partial charge < -0.3 is 20.3 Å². The lowest BCUT2D eigenvalue weighted by Gasteiger charge is -2.33. The van der Waals surface area contributed by atoms with E-state index in [0.29, 0.717) is 25.3 Å². The minimum absolute atomic E-state index is 0.105. The van der Waals surface area contributed by atoms with E-state index in [-0.39, 0.29) is 5.92 Å². The highest BCUT2D eigenvalue weighted by Crippen LogP contribution is 2.35. The lowest BCUT2D eigenvalue weighted by molar-refractivity contribution is 0.0529. The number of aliphatic hydroxyl groups excluding tert-OH is 2. The predicted molar refractivity (Wildman–Crippen MR) is 94.3 cm³/mol. The smallest absolute Gasteiger partial charge is 0.407 e. The summed E-state index contributed by atoms with van der Waals surface area (Å²) < 4.78 is 5.12. The van der Waals surface area contributed by atoms with Gasteiger partial charge in [0.05, 0.1) is 6.10 Å². The van der Waals surface area contributed by atoms with Gasteiger partial charge in [0, 0.05) is 13.0 Å². The highest BCUT2D eigenvalue weighted by Gasteiger charge is 2.29. The zero-order valence-electron chi connectivity index (χ0n) is 15.3. The highest BCUT2D eigenvalue weighted by atomic mass is 16.6. The lowest BCUT2D eigenvalue weighted by atomic mass is 9.75. The second-order valence-electron chi connectivity index (χ2n) is 7.62. The van der Waals surface area contributed by atoms with Crippen LogP contribution in [0, 0.1) is 23.7 Å². The molecule has 1 amide bonds. The quantitative estimate of drug-likeness (QED) is 0.419. The normalized spacial score (nSPS) is 25.4. The molecular formula is C19H31NO4. The van der Waals surface area contributed by atoms with Gasteiger partial charge in [-0.15, -0.1) is 0 Å². The van der Waals surface area contributed by atoms with Crippen molar-refractivity contribution in [2.45, 2.75) is 71.2 Å². The van der Waals surface area contributed by atoms with Crippen LogP contribution in [-0.4, -0.2) is 40.7 Å². The number of ether oxygens (including phenoxy) is 1. The summed E-state index contributed by atoms with van der Waals surface area (Å²) in [6.07, 6.45) is 0.921. The predicted octanol–water partition coefficient (Wildman–Crippen LogP) is 2.62. The van der Waals surface area contributed by atoms with E-state index in [9.17, 15) is 15.0 Å². The Morgan fingerprint density at radius 1 is 1.46 bits per heavy atom. The Hall–Kier alpha value is -1.51. The van der Waals surface area contributed by atoms with Crippen molar-refractivity contribution in [3.8, 4) is 11.8 Å². The van der Waals surface area contributed by atoms with Gasteiger partial charge in [-0.1, -0.05) is 25.3 Å². The third kappa shape index (κ3) is 7.85. The number of hydrogen-bond acceptors (Lipinski definition) is 4. The average molecular weight is 337 g/mol. The molecule has 0 unspecified atom stereocenters. The number of aliphatic hydroxyl groups is 2. The Labute approximate surface area is 145 Å². The van der Waals surface area contributed by atoms with Crippen LogP contribution in [-0.2, 0) is 4.74 Å². The maximum absolute atomic E-state index is 11.5. The van der Waals surface area contributed by atoms with Crippen LogP contribution in [0.3, 0.4) is 0 Å². The molecule has 1 aliphatic carbocycles. The third-order valence-corrected chi connectivity index (χ3v) is 3.96. The molecule has 0 aromatic heterocycles. The zero-order chi connectivity index (χ0) is 18.3. The molecule has 1 aliphatic rings. The van der Waals surface area contributed by atoms with Crippen LogP contribution in [0.15, 0.2) is 12.2 Å². The molecule has 0 aromatic rings. The summed E-state index contributed by atoms with van der Waals surface area (Å²) in [6, 6.07) is 0. The minimum Gasteiger partial charge on any atom is -0.444 e. The molecule has 24 heavy (non-hydrogen) atoms. The number of rotatable bonds is 4. The van der Waals surface area contributed by atoms with Crippen LogP contribution < -0.4 is 5.32 Å². The van der Waals surface area contributed by atoms with Gasteiger partial charge in [0.15, 0.2) is 0 Å². The maximum atomic E-state index is 11.5. The van der Waals surface area contributed by atoms with E-state index < -0.39 is 23.9 Å². The Kier molecular flexibility index (Phi) is 7.78. The molecule has 1 rings (SSSR count). The first-order chi connectivity index (χ1) is 11.1. The number of amides is 1. The molecule has 3 N–H and O–H groups in total. The Morgan fingerprint density at radius 3 is 2.75 bits per heavy atom. The largest absolute Gasteiger partial charge is 0.444 e. The molecule has 136 valence electrons. The number of carbonyl (C=O) groups is 1. The molecule has 0 saturated heterocycles. The Morgan fingerprint density at radius 2 is 2.12 bits per heavy atom. The molecule has 4 atom stereocenters. The standard InChI is InChI=1S/C19H31NO4/c1-13-10-15(14(2)17(22)11-13)12-16(21)8-6-7-9-20-18(23)24-19(3,4)5/h13,15-17,21-22H,2,7,9-12H2,1,3-5H3,(H,20,23)/t13-,15+,16+,17-/m0/s1. The maximum Gasteiger partial charge on any atom is 0.407 e. The van der Waals surface area contributed by atoms with E-state index in [1.807, 2.05) is 0 Å². The van der Waals surface area contributed by atoms with E-state index in [1.165, 1.54) is 0 Å². The molecular weight excluding hydrogens is 306 g/mol. The first-order valence-corrected chi connectivity index (χ1v) is 8.58. The molecule has 1 fully saturated rings. The van der Waals surface area contributed by atoms with E-state index in [2.05, 4.69) is 30.7 Å². The minimum atomic E-state index is -0.745. The number of nitrogens with one attached hydrogen (secondary N) is 1. The fourth-order valence-corrected chi connectivity index (χ4v) is 2.85. The Balaban J connectivity index is 2.31. The molecule has 5 heteroatoms. The van der Waals surface area contributed by atoms with Crippen molar-refractivity contribution in [1.82, 2.24) is 5.32 Å². The van der Waals surface area contributed by atoms with Crippen LogP contribution in [0.1, 0.15) is 53.4 Å². The lowest BCUT2D eigenvalue weighted by Crippen LogP contribution is -2.32. The molecule has 0 bridgehead atoms. The molecule has 5 nitrogen and oxygen atoms in total. The summed E-state index contributed by atoms with van der Waals surface area (Å²) in [5.74, 6) is 6.19. The van der Waals surface area contributed by atoms with Crippen LogP contribution in [0.5, 0.6) is 0 Å². The van der Waals surface area contributed by atoms with Crippen LogP contribution >= 0.6 is 0 Å². The van der Waals surface area contributed by atoms with Gasteiger partial charge in [0.2, 0.25) is 0 Å². The van der Waals surface area contributed by atoms with Gasteiger partial charge in [-0.05, 0) is 57.4 Å². The fourth-order valence-electron chi connectivity index (χ4n) is 2.85. The molecule has 1 saturated carbocycles. The van der Waals surface area contributed by atoms with E-state index in [4.69, 9.17) is 4.74 Å². The first kappa shape index (κ1) is 20.5. The van der Waals surface area contributed by atoms with Crippen molar-refractivity contribution >= 4 is 6.09 Å². The molecule has 0 radical (unpaired) electrons. The van der Waals surface area contributed by atoms with Gasteiger partial charge in [0.25, 0.3) is 0 Å². The average Bonchev–Trinajstić information content (AvgIpc) is 2.41. The third-order valence-electron chi connectivity index (χ3n) is 3.96. The summed E-state index contributed by atoms with van der Waals surface area (Å²) in [7, 11) is 0. The van der Waals surface area contributed by atoms with Crippen molar-refractivity contribution in [2.24, 2.45) is 11.8 Å². The molecule has 0 spiro atoms. The van der Waals surface area contributed by atoms with Gasteiger partial charge in [-0.3, -0.25) is 0 Å². The summed E-state index contributed by atoms with van der Waals surface area (Å²) in [6.45, 7) is 11.8. The highest BCUT2D eigenvalue weighted by molar-refractivity contribution is 5.67. The van der Waals surface area contributed by atoms with Crippen molar-refractivity contribution < 1.29 is 19.7 Å². The first-order valence-electron chi connectivity index (χ1n) is 8.58. The van der Waals surface area contributed by atoms with Crippen molar-refractivity contribution in [3.05, 3.63) is 12.2 Å². The fraction of sp³-hybridized carbons (Fsp3) is 0.737. The van der Waals surface area contributed by atoms with Crippen molar-refractivity contribution in [2.75, 3.05) is 6.54 Å². The van der Waals surface area contributed by atoms with Crippen molar-refractivity contribution in [1.29, 1.82) is 0 Å². The van der Waals surface area contributed by atoms with Crippen LogP contribution in [0.2, 0.25) is 0 Å². The monoisotopic (exact) mass is 337 g/mol. The molecule has 0 aliphatic heterocycles. The Bertz CT molecular complexity index is 498. The van der Waals surface area contributed by atoms with E-state index in [1.54, 1.807) is 20.8 Å².